The van der Waals surface area contributed by atoms with Gasteiger partial charge in [-0.1, -0.05) is 29.8 Å². The number of hydrogen-bond acceptors (Lipinski definition) is 5. The third kappa shape index (κ3) is 4.58. The van der Waals surface area contributed by atoms with E-state index in [2.05, 4.69) is 14.9 Å². The molecule has 0 aliphatic carbocycles. The van der Waals surface area contributed by atoms with E-state index in [1.54, 1.807) is 21.3 Å². The second kappa shape index (κ2) is 9.48. The Labute approximate surface area is 170 Å². The molecule has 0 atom stereocenters. The minimum atomic E-state index is 0.585. The van der Waals surface area contributed by atoms with Crippen LogP contribution in [0.25, 0.3) is 11.3 Å². The summed E-state index contributed by atoms with van der Waals surface area (Å²) in [4.78, 5) is 4.57. The van der Waals surface area contributed by atoms with Crippen molar-refractivity contribution in [2.24, 2.45) is 0 Å². The summed E-state index contributed by atoms with van der Waals surface area (Å²) in [6, 6.07) is 13.6. The highest BCUT2D eigenvalue weighted by Gasteiger charge is 2.12. The van der Waals surface area contributed by atoms with Crippen molar-refractivity contribution >= 4 is 17.5 Å². The monoisotopic (exact) mass is 401 g/mol. The molecule has 0 fully saturated rings. The first-order chi connectivity index (χ1) is 13.7. The third-order valence-corrected chi connectivity index (χ3v) is 4.67. The van der Waals surface area contributed by atoms with Crippen molar-refractivity contribution in [3.63, 3.8) is 0 Å². The number of nitrogens with one attached hydrogen (secondary N) is 1. The largest absolute Gasteiger partial charge is 0.493 e. The van der Waals surface area contributed by atoms with Gasteiger partial charge in [0.15, 0.2) is 11.5 Å². The number of benzene rings is 2. The second-order valence-corrected chi connectivity index (χ2v) is 6.60. The van der Waals surface area contributed by atoms with Crippen molar-refractivity contribution in [3.8, 4) is 22.8 Å². The molecule has 1 heterocycles. The van der Waals surface area contributed by atoms with Gasteiger partial charge in [0.2, 0.25) is 5.95 Å². The predicted octanol–water partition coefficient (Wildman–Crippen LogP) is 4.48. The lowest BCUT2D eigenvalue weighted by atomic mass is 10.2. The summed E-state index contributed by atoms with van der Waals surface area (Å²) < 4.78 is 18.0. The molecule has 28 heavy (non-hydrogen) atoms. The van der Waals surface area contributed by atoms with Crippen LogP contribution in [0.15, 0.2) is 48.7 Å². The average Bonchev–Trinajstić information content (AvgIpc) is 3.13. The number of nitrogens with zero attached hydrogens (tertiary/aromatic N) is 2. The maximum atomic E-state index is 6.02. The molecule has 0 saturated heterocycles. The van der Waals surface area contributed by atoms with Crippen LogP contribution in [-0.4, -0.2) is 37.5 Å². The van der Waals surface area contributed by atoms with Gasteiger partial charge in [-0.3, -0.25) is 0 Å². The molecule has 0 spiro atoms. The van der Waals surface area contributed by atoms with Crippen LogP contribution in [0.5, 0.6) is 11.5 Å². The van der Waals surface area contributed by atoms with E-state index in [4.69, 9.17) is 25.8 Å². The molecule has 0 radical (unpaired) electrons. The molecule has 1 N–H and O–H groups in total. The van der Waals surface area contributed by atoms with Gasteiger partial charge in [0.05, 0.1) is 32.7 Å². The lowest BCUT2D eigenvalue weighted by Gasteiger charge is -2.14. The number of hydrogen-bond donors (Lipinski definition) is 1. The molecule has 0 aliphatic heterocycles. The van der Waals surface area contributed by atoms with Gasteiger partial charge < -0.3 is 24.1 Å². The summed E-state index contributed by atoms with van der Waals surface area (Å²) in [5, 5.41) is 4.11. The maximum Gasteiger partial charge on any atom is 0.203 e. The Balaban J connectivity index is 1.82. The van der Waals surface area contributed by atoms with Crippen LogP contribution in [0.4, 0.5) is 5.95 Å². The maximum absolute atomic E-state index is 6.02. The third-order valence-electron chi connectivity index (χ3n) is 4.41. The fourth-order valence-electron chi connectivity index (χ4n) is 2.95. The zero-order valence-corrected chi connectivity index (χ0v) is 17.0. The Kier molecular flexibility index (Phi) is 6.79. The van der Waals surface area contributed by atoms with Crippen LogP contribution in [0.3, 0.4) is 0 Å². The normalized spacial score (nSPS) is 10.7. The Morgan fingerprint density at radius 3 is 2.43 bits per heavy atom. The van der Waals surface area contributed by atoms with Gasteiger partial charge in [-0.05, 0) is 35.4 Å². The summed E-state index contributed by atoms with van der Waals surface area (Å²) >= 11 is 6.02. The molecule has 6 nitrogen and oxygen atoms in total. The Morgan fingerprint density at radius 1 is 1.00 bits per heavy atom. The molecule has 3 rings (SSSR count). The zero-order valence-electron chi connectivity index (χ0n) is 16.2. The van der Waals surface area contributed by atoms with Crippen LogP contribution in [0.2, 0.25) is 5.02 Å². The highest BCUT2D eigenvalue weighted by atomic mass is 35.5. The van der Waals surface area contributed by atoms with Crippen molar-refractivity contribution in [3.05, 3.63) is 59.2 Å². The predicted molar refractivity (Wildman–Crippen MR) is 111 cm³/mol. The van der Waals surface area contributed by atoms with Crippen LogP contribution < -0.4 is 14.8 Å². The molecule has 0 bridgehead atoms. The Morgan fingerprint density at radius 2 is 1.75 bits per heavy atom. The van der Waals surface area contributed by atoms with Gasteiger partial charge in [-0.2, -0.15) is 0 Å². The smallest absolute Gasteiger partial charge is 0.203 e. The van der Waals surface area contributed by atoms with Gasteiger partial charge in [0.25, 0.3) is 0 Å². The fourth-order valence-corrected chi connectivity index (χ4v) is 3.07. The number of halogens is 1. The van der Waals surface area contributed by atoms with Crippen molar-refractivity contribution in [1.29, 1.82) is 0 Å². The molecule has 1 aromatic heterocycles. The van der Waals surface area contributed by atoms with Crippen LogP contribution in [-0.2, 0) is 17.8 Å². The second-order valence-electron chi connectivity index (χ2n) is 6.16. The first-order valence-corrected chi connectivity index (χ1v) is 9.29. The molecule has 2 aromatic carbocycles. The quantitative estimate of drug-likeness (QED) is 0.573. The summed E-state index contributed by atoms with van der Waals surface area (Å²) in [6.07, 6.45) is 1.86. The number of methoxy groups -OCH3 is 3. The zero-order chi connectivity index (χ0) is 19.9. The number of anilines is 1. The van der Waals surface area contributed by atoms with Crippen molar-refractivity contribution in [1.82, 2.24) is 9.55 Å². The topological polar surface area (TPSA) is 57.5 Å². The standard InChI is InChI=1S/C21H24ClN3O3/c1-26-11-10-25-18(16-5-7-17(22)8-6-16)14-24-21(25)23-13-15-4-9-19(27-2)20(12-15)28-3/h4-9,12,14H,10-11,13H2,1-3H3,(H,23,24). The highest BCUT2D eigenvalue weighted by molar-refractivity contribution is 6.30. The SMILES string of the molecule is COCCn1c(-c2ccc(Cl)cc2)cnc1NCc1ccc(OC)c(OC)c1. The van der Waals surface area contributed by atoms with E-state index in [0.717, 1.165) is 22.8 Å². The van der Waals surface area contributed by atoms with Gasteiger partial charge in [0.1, 0.15) is 0 Å². The molecular formula is C21H24ClN3O3. The van der Waals surface area contributed by atoms with E-state index in [1.165, 1.54) is 0 Å². The molecule has 7 heteroatoms. The molecular weight excluding hydrogens is 378 g/mol. The minimum Gasteiger partial charge on any atom is -0.493 e. The lowest BCUT2D eigenvalue weighted by Crippen LogP contribution is -2.11. The summed E-state index contributed by atoms with van der Waals surface area (Å²) in [5.74, 6) is 2.18. The molecule has 0 amide bonds. The molecule has 0 unspecified atom stereocenters. The summed E-state index contributed by atoms with van der Waals surface area (Å²) in [5.41, 5.74) is 3.11. The molecule has 148 valence electrons. The first-order valence-electron chi connectivity index (χ1n) is 8.91. The van der Waals surface area contributed by atoms with Crippen LogP contribution in [0, 0.1) is 0 Å². The molecule has 3 aromatic rings. The highest BCUT2D eigenvalue weighted by Crippen LogP contribution is 2.28. The van der Waals surface area contributed by atoms with Crippen molar-refractivity contribution in [2.45, 2.75) is 13.1 Å². The van der Waals surface area contributed by atoms with Crippen LogP contribution in [0.1, 0.15) is 5.56 Å². The van der Waals surface area contributed by atoms with E-state index in [1.807, 2.05) is 48.7 Å². The number of aromatic nitrogens is 2. The van der Waals surface area contributed by atoms with Crippen molar-refractivity contribution in [2.75, 3.05) is 33.3 Å². The fraction of sp³-hybridized carbons (Fsp3) is 0.286. The number of rotatable bonds is 9. The van der Waals surface area contributed by atoms with Gasteiger partial charge in [0, 0.05) is 25.2 Å². The average molecular weight is 402 g/mol. The van der Waals surface area contributed by atoms with Crippen LogP contribution >= 0.6 is 11.6 Å². The number of ether oxygens (including phenoxy) is 3. The van der Waals surface area contributed by atoms with Gasteiger partial charge in [-0.25, -0.2) is 4.98 Å². The van der Waals surface area contributed by atoms with Crippen molar-refractivity contribution < 1.29 is 14.2 Å². The summed E-state index contributed by atoms with van der Waals surface area (Å²) in [7, 11) is 4.95. The first kappa shape index (κ1) is 20.0. The van der Waals surface area contributed by atoms with E-state index in [9.17, 15) is 0 Å². The molecule has 0 aliphatic rings. The van der Waals surface area contributed by atoms with E-state index >= 15 is 0 Å². The van der Waals surface area contributed by atoms with Gasteiger partial charge in [-0.15, -0.1) is 0 Å². The molecule has 0 saturated carbocycles. The van der Waals surface area contributed by atoms with E-state index < -0.39 is 0 Å². The summed E-state index contributed by atoms with van der Waals surface area (Å²) in [6.45, 7) is 1.87. The Hall–Kier alpha value is -2.70. The number of imidazole rings is 1. The van der Waals surface area contributed by atoms with E-state index in [-0.39, 0.29) is 0 Å². The minimum absolute atomic E-state index is 0.585. The van der Waals surface area contributed by atoms with E-state index in [0.29, 0.717) is 36.2 Å². The Bertz CT molecular complexity index is 910. The lowest BCUT2D eigenvalue weighted by molar-refractivity contribution is 0.188. The van der Waals surface area contributed by atoms with Gasteiger partial charge >= 0.3 is 0 Å².